The largest absolute Gasteiger partial charge is 0.393 e. The van der Waals surface area contributed by atoms with Gasteiger partial charge in [-0.2, -0.15) is 13.2 Å². The first-order valence-electron chi connectivity index (χ1n) is 3.79. The van der Waals surface area contributed by atoms with Crippen molar-refractivity contribution >= 4 is 17.3 Å². The summed E-state index contributed by atoms with van der Waals surface area (Å²) in [6.07, 6.45) is -5.50. The molecule has 7 heteroatoms. The van der Waals surface area contributed by atoms with Crippen LogP contribution in [0.1, 0.15) is 5.56 Å². The summed E-state index contributed by atoms with van der Waals surface area (Å²) in [5.41, 5.74) is -0.499. The Labute approximate surface area is 87.6 Å². The van der Waals surface area contributed by atoms with Crippen molar-refractivity contribution in [3.8, 4) is 0 Å². The van der Waals surface area contributed by atoms with Crippen LogP contribution in [0.5, 0.6) is 0 Å². The lowest BCUT2D eigenvalue weighted by Gasteiger charge is -2.06. The second-order valence-electron chi connectivity index (χ2n) is 2.83. The van der Waals surface area contributed by atoms with E-state index in [0.717, 1.165) is 18.2 Å². The molecule has 0 spiro atoms. The number of halogens is 4. The molecular weight excluding hydrogens is 235 g/mol. The zero-order valence-corrected chi connectivity index (χ0v) is 7.97. The van der Waals surface area contributed by atoms with E-state index in [-0.39, 0.29) is 10.6 Å². The minimum Gasteiger partial charge on any atom is -0.258 e. The number of hydrogen-bond acceptors (Lipinski definition) is 2. The van der Waals surface area contributed by atoms with Crippen LogP contribution in [0.15, 0.2) is 18.2 Å². The molecule has 0 amide bonds. The summed E-state index contributed by atoms with van der Waals surface area (Å²) in [6.45, 7) is 0. The molecule has 1 rings (SSSR count). The van der Waals surface area contributed by atoms with E-state index in [9.17, 15) is 23.3 Å². The maximum atomic E-state index is 12.0. The van der Waals surface area contributed by atoms with Crippen LogP contribution >= 0.6 is 11.6 Å². The average Bonchev–Trinajstić information content (AvgIpc) is 1.99. The summed E-state index contributed by atoms with van der Waals surface area (Å²) in [5, 5.41) is 10.0. The molecule has 0 radical (unpaired) electrons. The van der Waals surface area contributed by atoms with E-state index in [1.165, 1.54) is 0 Å². The van der Waals surface area contributed by atoms with Gasteiger partial charge in [-0.1, -0.05) is 17.7 Å². The zero-order chi connectivity index (χ0) is 11.6. The highest BCUT2D eigenvalue weighted by Crippen LogP contribution is 2.28. The first kappa shape index (κ1) is 11.8. The Balaban J connectivity index is 2.97. The molecule has 0 fully saturated rings. The van der Waals surface area contributed by atoms with Gasteiger partial charge in [0, 0.05) is 6.07 Å². The molecule has 3 nitrogen and oxygen atoms in total. The van der Waals surface area contributed by atoms with Crippen molar-refractivity contribution in [3.05, 3.63) is 38.9 Å². The summed E-state index contributed by atoms with van der Waals surface area (Å²) >= 11 is 5.44. The Morgan fingerprint density at radius 2 is 2.00 bits per heavy atom. The Morgan fingerprint density at radius 1 is 1.40 bits per heavy atom. The molecule has 1 aromatic rings. The maximum Gasteiger partial charge on any atom is 0.393 e. The Hall–Kier alpha value is -1.30. The molecule has 0 heterocycles. The van der Waals surface area contributed by atoms with Crippen LogP contribution in [0.25, 0.3) is 0 Å². The number of nitro groups is 1. The summed E-state index contributed by atoms with van der Waals surface area (Å²) in [7, 11) is 0. The quantitative estimate of drug-likeness (QED) is 0.587. The number of nitro benzene ring substituents is 1. The minimum absolute atomic E-state index is 0.0990. The molecule has 0 aliphatic carbocycles. The maximum absolute atomic E-state index is 12.0. The van der Waals surface area contributed by atoms with Gasteiger partial charge >= 0.3 is 6.18 Å². The van der Waals surface area contributed by atoms with Crippen LogP contribution in [-0.2, 0) is 6.42 Å². The van der Waals surface area contributed by atoms with Crippen molar-refractivity contribution in [1.29, 1.82) is 0 Å². The second kappa shape index (κ2) is 4.06. The van der Waals surface area contributed by atoms with Gasteiger partial charge in [0.25, 0.3) is 5.69 Å². The molecule has 0 bridgehead atoms. The highest BCUT2D eigenvalue weighted by molar-refractivity contribution is 6.32. The van der Waals surface area contributed by atoms with E-state index in [1.54, 1.807) is 0 Å². The number of nitrogens with zero attached hydrogens (tertiary/aromatic N) is 1. The third kappa shape index (κ3) is 3.39. The third-order valence-corrected chi connectivity index (χ3v) is 1.92. The lowest BCUT2D eigenvalue weighted by molar-refractivity contribution is -0.384. The van der Waals surface area contributed by atoms with Crippen LogP contribution in [0, 0.1) is 10.1 Å². The van der Waals surface area contributed by atoms with Crippen molar-refractivity contribution < 1.29 is 18.1 Å². The van der Waals surface area contributed by atoms with Crippen molar-refractivity contribution in [2.45, 2.75) is 12.6 Å². The Bertz CT molecular complexity index is 392. The van der Waals surface area contributed by atoms with E-state index in [4.69, 9.17) is 11.6 Å². The van der Waals surface area contributed by atoms with E-state index in [0.29, 0.717) is 0 Å². The molecule has 0 saturated carbocycles. The van der Waals surface area contributed by atoms with Crippen LogP contribution in [0.2, 0.25) is 5.02 Å². The normalized spacial score (nSPS) is 11.5. The molecule has 0 atom stereocenters. The fourth-order valence-corrected chi connectivity index (χ4v) is 1.31. The molecule has 1 aromatic carbocycles. The van der Waals surface area contributed by atoms with Gasteiger partial charge in [0.15, 0.2) is 0 Å². The van der Waals surface area contributed by atoms with Gasteiger partial charge in [-0.3, -0.25) is 10.1 Å². The lowest BCUT2D eigenvalue weighted by atomic mass is 10.1. The number of rotatable bonds is 2. The smallest absolute Gasteiger partial charge is 0.258 e. The summed E-state index contributed by atoms with van der Waals surface area (Å²) < 4.78 is 35.9. The zero-order valence-electron chi connectivity index (χ0n) is 7.21. The Kier molecular flexibility index (Phi) is 3.18. The number of hydrogen-bond donors (Lipinski definition) is 0. The van der Waals surface area contributed by atoms with E-state index in [1.807, 2.05) is 0 Å². The molecule has 0 aromatic heterocycles. The highest BCUT2D eigenvalue weighted by atomic mass is 35.5. The summed E-state index contributed by atoms with van der Waals surface area (Å²) in [5.74, 6) is 0. The fraction of sp³-hybridized carbons (Fsp3) is 0.250. The molecular formula is C8H5ClF3NO2. The first-order chi connectivity index (χ1) is 6.79. The minimum atomic E-state index is -4.35. The average molecular weight is 240 g/mol. The lowest BCUT2D eigenvalue weighted by Crippen LogP contribution is -2.11. The molecule has 0 unspecified atom stereocenters. The molecule has 0 N–H and O–H groups in total. The van der Waals surface area contributed by atoms with Crippen LogP contribution in [0.3, 0.4) is 0 Å². The molecule has 15 heavy (non-hydrogen) atoms. The van der Waals surface area contributed by atoms with Crippen molar-refractivity contribution in [2.24, 2.45) is 0 Å². The second-order valence-corrected chi connectivity index (χ2v) is 3.24. The molecule has 0 aliphatic rings. The van der Waals surface area contributed by atoms with Gasteiger partial charge in [0.2, 0.25) is 0 Å². The summed E-state index contributed by atoms with van der Waals surface area (Å²) in [4.78, 5) is 9.57. The molecule has 0 saturated heterocycles. The molecule has 82 valence electrons. The number of alkyl halides is 3. The SMILES string of the molecule is O=[N+]([O-])c1ccc(CC(F)(F)F)cc1Cl. The van der Waals surface area contributed by atoms with Crippen LogP contribution in [0.4, 0.5) is 18.9 Å². The van der Waals surface area contributed by atoms with Crippen molar-refractivity contribution in [3.63, 3.8) is 0 Å². The van der Waals surface area contributed by atoms with E-state index < -0.39 is 23.2 Å². The fourth-order valence-electron chi connectivity index (χ4n) is 1.04. The predicted octanol–water partition coefficient (Wildman–Crippen LogP) is 3.35. The first-order valence-corrected chi connectivity index (χ1v) is 4.17. The van der Waals surface area contributed by atoms with Gasteiger partial charge in [0.1, 0.15) is 5.02 Å². The topological polar surface area (TPSA) is 43.1 Å². The van der Waals surface area contributed by atoms with Gasteiger partial charge < -0.3 is 0 Å². The molecule has 0 aliphatic heterocycles. The summed E-state index contributed by atoms with van der Waals surface area (Å²) in [6, 6.07) is 2.95. The van der Waals surface area contributed by atoms with Crippen LogP contribution < -0.4 is 0 Å². The van der Waals surface area contributed by atoms with Crippen molar-refractivity contribution in [2.75, 3.05) is 0 Å². The predicted molar refractivity (Wildman–Crippen MR) is 47.9 cm³/mol. The van der Waals surface area contributed by atoms with Gasteiger partial charge in [-0.25, -0.2) is 0 Å². The van der Waals surface area contributed by atoms with Gasteiger partial charge in [0.05, 0.1) is 11.3 Å². The Morgan fingerprint density at radius 3 is 2.40 bits per heavy atom. The van der Waals surface area contributed by atoms with Gasteiger partial charge in [-0.15, -0.1) is 0 Å². The monoisotopic (exact) mass is 239 g/mol. The number of benzene rings is 1. The third-order valence-electron chi connectivity index (χ3n) is 1.61. The van der Waals surface area contributed by atoms with Crippen LogP contribution in [-0.4, -0.2) is 11.1 Å². The van der Waals surface area contributed by atoms with Gasteiger partial charge in [-0.05, 0) is 11.6 Å². The standard InChI is InChI=1S/C8H5ClF3NO2/c9-6-3-5(4-8(10,11)12)1-2-7(6)13(14)15/h1-3H,4H2. The van der Waals surface area contributed by atoms with E-state index in [2.05, 4.69) is 0 Å². The van der Waals surface area contributed by atoms with Crippen molar-refractivity contribution in [1.82, 2.24) is 0 Å². The highest BCUT2D eigenvalue weighted by Gasteiger charge is 2.28. The van der Waals surface area contributed by atoms with E-state index >= 15 is 0 Å².